The van der Waals surface area contributed by atoms with Crippen LogP contribution in [0.4, 0.5) is 13.2 Å². The Balaban J connectivity index is 1.30. The predicted octanol–water partition coefficient (Wildman–Crippen LogP) is 8.57. The Labute approximate surface area is 198 Å². The van der Waals surface area contributed by atoms with Crippen molar-refractivity contribution in [1.82, 2.24) is 4.98 Å². The number of rotatable bonds is 3. The zero-order valence-electron chi connectivity index (χ0n) is 20.9. The van der Waals surface area contributed by atoms with Gasteiger partial charge in [-0.25, -0.2) is 0 Å². The largest absolute Gasteiger partial charge is 0.433 e. The molecule has 0 spiro atoms. The molecule has 1 aromatic rings. The zero-order valence-corrected chi connectivity index (χ0v) is 20.9. The van der Waals surface area contributed by atoms with Crippen LogP contribution in [0.5, 0.6) is 0 Å². The average Bonchev–Trinajstić information content (AvgIpc) is 3.11. The second-order valence-electron chi connectivity index (χ2n) is 13.0. The summed E-state index contributed by atoms with van der Waals surface area (Å²) in [5.74, 6) is 5.64. The number of hydrogen-bond acceptors (Lipinski definition) is 1. The van der Waals surface area contributed by atoms with E-state index in [1.54, 1.807) is 6.07 Å². The van der Waals surface area contributed by atoms with Gasteiger partial charge in [0.2, 0.25) is 0 Å². The first-order valence-electron chi connectivity index (χ1n) is 13.5. The van der Waals surface area contributed by atoms with E-state index in [2.05, 4.69) is 32.7 Å². The second-order valence-corrected chi connectivity index (χ2v) is 13.0. The molecule has 9 atom stereocenters. The Morgan fingerprint density at radius 3 is 2.39 bits per heavy atom. The molecule has 4 aliphatic rings. The average molecular weight is 462 g/mol. The highest BCUT2D eigenvalue weighted by atomic mass is 19.4. The molecule has 4 saturated carbocycles. The highest BCUT2D eigenvalue weighted by molar-refractivity contribution is 5.17. The fraction of sp³-hybridized carbons (Fsp3) is 0.828. The minimum atomic E-state index is -4.36. The molecule has 1 aromatic heterocycles. The number of halogens is 3. The summed E-state index contributed by atoms with van der Waals surface area (Å²) in [4.78, 5) is 3.71. The second kappa shape index (κ2) is 8.26. The van der Waals surface area contributed by atoms with E-state index in [0.717, 1.165) is 47.6 Å². The molecule has 1 heterocycles. The molecule has 0 radical (unpaired) electrons. The van der Waals surface area contributed by atoms with Crippen LogP contribution in [0.3, 0.4) is 0 Å². The molecule has 4 aliphatic carbocycles. The molecular formula is C29H42F3N. The number of hydrogen-bond donors (Lipinski definition) is 0. The van der Waals surface area contributed by atoms with Crippen LogP contribution >= 0.6 is 0 Å². The highest BCUT2D eigenvalue weighted by Gasteiger charge is 2.60. The lowest BCUT2D eigenvalue weighted by Crippen LogP contribution is -2.53. The number of nitrogens with zero attached hydrogens (tertiary/aromatic N) is 1. The van der Waals surface area contributed by atoms with Crippen molar-refractivity contribution in [2.45, 2.75) is 98.1 Å². The van der Waals surface area contributed by atoms with Crippen molar-refractivity contribution >= 4 is 0 Å². The van der Waals surface area contributed by atoms with Gasteiger partial charge >= 0.3 is 6.18 Å². The van der Waals surface area contributed by atoms with E-state index in [1.165, 1.54) is 64.0 Å². The lowest BCUT2D eigenvalue weighted by molar-refractivity contribution is -0.141. The summed E-state index contributed by atoms with van der Waals surface area (Å²) in [6.07, 6.45) is 10.5. The van der Waals surface area contributed by atoms with Crippen LogP contribution in [-0.4, -0.2) is 4.98 Å². The van der Waals surface area contributed by atoms with Crippen molar-refractivity contribution in [3.8, 4) is 0 Å². The lowest BCUT2D eigenvalue weighted by Gasteiger charge is -2.61. The van der Waals surface area contributed by atoms with Crippen molar-refractivity contribution in [3.05, 3.63) is 29.6 Å². The third-order valence-corrected chi connectivity index (χ3v) is 11.4. The van der Waals surface area contributed by atoms with Gasteiger partial charge in [-0.15, -0.1) is 0 Å². The van der Waals surface area contributed by atoms with Gasteiger partial charge in [0, 0.05) is 6.20 Å². The van der Waals surface area contributed by atoms with E-state index in [1.807, 2.05) is 0 Å². The monoisotopic (exact) mass is 461 g/mol. The molecule has 0 N–H and O–H groups in total. The van der Waals surface area contributed by atoms with Crippen molar-refractivity contribution in [3.63, 3.8) is 0 Å². The van der Waals surface area contributed by atoms with Crippen LogP contribution in [0.1, 0.15) is 96.7 Å². The maximum absolute atomic E-state index is 12.9. The molecule has 33 heavy (non-hydrogen) atoms. The lowest BCUT2D eigenvalue weighted by atomic mass is 9.44. The first-order chi connectivity index (χ1) is 15.5. The van der Waals surface area contributed by atoms with Crippen molar-refractivity contribution < 1.29 is 13.2 Å². The molecule has 0 bridgehead atoms. The minimum absolute atomic E-state index is 0.394. The first-order valence-corrected chi connectivity index (χ1v) is 13.5. The molecule has 9 unspecified atom stereocenters. The summed E-state index contributed by atoms with van der Waals surface area (Å²) in [6, 6.07) is 2.79. The topological polar surface area (TPSA) is 12.9 Å². The maximum Gasteiger partial charge on any atom is 0.433 e. The molecule has 1 nitrogen and oxygen atoms in total. The fourth-order valence-electron chi connectivity index (χ4n) is 9.67. The summed E-state index contributed by atoms with van der Waals surface area (Å²) in [5.41, 5.74) is 1.11. The quantitative estimate of drug-likeness (QED) is 0.439. The molecule has 4 fully saturated rings. The van der Waals surface area contributed by atoms with Crippen LogP contribution < -0.4 is 0 Å². The Kier molecular flexibility index (Phi) is 5.93. The van der Waals surface area contributed by atoms with Gasteiger partial charge in [-0.05, 0) is 122 Å². The zero-order chi connectivity index (χ0) is 23.6. The predicted molar refractivity (Wildman–Crippen MR) is 126 cm³/mol. The molecule has 184 valence electrons. The van der Waals surface area contributed by atoms with Crippen LogP contribution in [0.25, 0.3) is 0 Å². The van der Waals surface area contributed by atoms with E-state index in [9.17, 15) is 13.2 Å². The number of fused-ring (bicyclic) bond motifs is 5. The van der Waals surface area contributed by atoms with E-state index in [0.29, 0.717) is 22.7 Å². The van der Waals surface area contributed by atoms with E-state index < -0.39 is 11.9 Å². The van der Waals surface area contributed by atoms with Gasteiger partial charge in [0.15, 0.2) is 0 Å². The van der Waals surface area contributed by atoms with Crippen LogP contribution in [0.2, 0.25) is 0 Å². The number of alkyl halides is 3. The molecule has 0 saturated heterocycles. The normalized spacial score (nSPS) is 44.0. The van der Waals surface area contributed by atoms with Crippen LogP contribution in [-0.2, 0) is 12.6 Å². The number of pyridine rings is 1. The van der Waals surface area contributed by atoms with Crippen molar-refractivity contribution in [2.75, 3.05) is 0 Å². The molecule has 0 aromatic carbocycles. The van der Waals surface area contributed by atoms with Gasteiger partial charge in [-0.2, -0.15) is 13.2 Å². The number of aromatic nitrogens is 1. The summed E-state index contributed by atoms with van der Waals surface area (Å²) in [6.45, 7) is 10.0. The molecule has 0 aliphatic heterocycles. The smallest absolute Gasteiger partial charge is 0.252 e. The SMILES string of the molecule is CC1CCC2(C)C(CCC3C2CCC2(C)C(C(C)Cc4ccc(C(F)(F)F)nc4)CCC32)C1. The van der Waals surface area contributed by atoms with Crippen LogP contribution in [0.15, 0.2) is 18.3 Å². The third-order valence-electron chi connectivity index (χ3n) is 11.4. The highest BCUT2D eigenvalue weighted by Crippen LogP contribution is 2.68. The Morgan fingerprint density at radius 2 is 1.70 bits per heavy atom. The molecule has 0 amide bonds. The molecular weight excluding hydrogens is 419 g/mol. The Morgan fingerprint density at radius 1 is 0.970 bits per heavy atom. The van der Waals surface area contributed by atoms with Gasteiger partial charge in [-0.3, -0.25) is 4.98 Å². The van der Waals surface area contributed by atoms with Gasteiger partial charge in [0.25, 0.3) is 0 Å². The first kappa shape index (κ1) is 23.7. The van der Waals surface area contributed by atoms with E-state index in [4.69, 9.17) is 0 Å². The summed E-state index contributed by atoms with van der Waals surface area (Å²) >= 11 is 0. The van der Waals surface area contributed by atoms with Gasteiger partial charge in [-0.1, -0.05) is 40.2 Å². The Hall–Kier alpha value is -1.06. The van der Waals surface area contributed by atoms with Gasteiger partial charge in [0.1, 0.15) is 5.69 Å². The standard InChI is InChI=1S/C29H42F3N/c1-18-11-13-27(3)21(15-18)6-7-22-24-9-8-23(28(24,4)14-12-25(22)27)19(2)16-20-5-10-26(33-17-20)29(30,31)32/h5,10,17-19,21-25H,6-9,11-16H2,1-4H3. The maximum atomic E-state index is 12.9. The van der Waals surface area contributed by atoms with Crippen molar-refractivity contribution in [2.24, 2.45) is 52.3 Å². The van der Waals surface area contributed by atoms with Gasteiger partial charge in [0.05, 0.1) is 0 Å². The van der Waals surface area contributed by atoms with Crippen molar-refractivity contribution in [1.29, 1.82) is 0 Å². The minimum Gasteiger partial charge on any atom is -0.252 e. The summed E-state index contributed by atoms with van der Waals surface area (Å²) in [5, 5.41) is 0. The fourth-order valence-corrected chi connectivity index (χ4v) is 9.67. The molecule has 4 heteroatoms. The van der Waals surface area contributed by atoms with Crippen LogP contribution in [0, 0.1) is 52.3 Å². The molecule has 5 rings (SSSR count). The Bertz CT molecular complexity index is 847. The summed E-state index contributed by atoms with van der Waals surface area (Å²) in [7, 11) is 0. The van der Waals surface area contributed by atoms with E-state index >= 15 is 0 Å². The third kappa shape index (κ3) is 3.96. The van der Waals surface area contributed by atoms with Gasteiger partial charge < -0.3 is 0 Å². The summed E-state index contributed by atoms with van der Waals surface area (Å²) < 4.78 is 38.7. The van der Waals surface area contributed by atoms with E-state index in [-0.39, 0.29) is 0 Å².